The number of aromatic hydroxyl groups is 1. The second-order valence-electron chi connectivity index (χ2n) is 5.26. The van der Waals surface area contributed by atoms with E-state index in [9.17, 15) is 14.7 Å². The molecule has 5 nitrogen and oxygen atoms in total. The first-order chi connectivity index (χ1) is 11.0. The summed E-state index contributed by atoms with van der Waals surface area (Å²) in [6, 6.07) is 9.96. The van der Waals surface area contributed by atoms with Crippen LogP contribution in [0, 0.1) is 0 Å². The van der Waals surface area contributed by atoms with Gasteiger partial charge in [-0.3, -0.25) is 4.79 Å². The molecule has 3 rings (SSSR count). The summed E-state index contributed by atoms with van der Waals surface area (Å²) in [6.07, 6.45) is 2.80. The van der Waals surface area contributed by atoms with Gasteiger partial charge in [0.25, 0.3) is 5.91 Å². The number of phenols is 1. The van der Waals surface area contributed by atoms with E-state index >= 15 is 0 Å². The molecule has 1 aromatic heterocycles. The van der Waals surface area contributed by atoms with Gasteiger partial charge in [0.1, 0.15) is 10.6 Å². The Morgan fingerprint density at radius 3 is 2.61 bits per heavy atom. The van der Waals surface area contributed by atoms with Gasteiger partial charge in [0.15, 0.2) is 0 Å². The van der Waals surface area contributed by atoms with E-state index in [0.29, 0.717) is 18.0 Å². The zero-order valence-electron chi connectivity index (χ0n) is 12.2. The Morgan fingerprint density at radius 2 is 1.91 bits per heavy atom. The summed E-state index contributed by atoms with van der Waals surface area (Å²) >= 11 is 0.992. The number of phenolic OH excluding ortho intramolecular Hbond substituents is 1. The predicted molar refractivity (Wildman–Crippen MR) is 87.9 cm³/mol. The van der Waals surface area contributed by atoms with Crippen molar-refractivity contribution >= 4 is 28.8 Å². The zero-order chi connectivity index (χ0) is 16.4. The first-order valence-corrected chi connectivity index (χ1v) is 7.97. The highest BCUT2D eigenvalue weighted by atomic mass is 32.1. The maximum absolute atomic E-state index is 12.5. The van der Waals surface area contributed by atoms with Gasteiger partial charge < -0.3 is 15.1 Å². The second kappa shape index (κ2) is 6.26. The molecule has 1 aliphatic heterocycles. The highest BCUT2D eigenvalue weighted by Crippen LogP contribution is 2.26. The van der Waals surface area contributed by atoms with E-state index in [1.54, 1.807) is 29.2 Å². The number of thiophene rings is 1. The minimum atomic E-state index is -1.02. The standard InChI is InChI=1S/C17H15NO4S/c19-13-5-1-3-11(9-13)12-4-2-8-18(10-12)16(20)14-6-7-15(23-14)17(21)22/h1,3-7,9,19H,2,8,10H2,(H,21,22). The van der Waals surface area contributed by atoms with Gasteiger partial charge in [-0.05, 0) is 41.8 Å². The van der Waals surface area contributed by atoms with Crippen molar-refractivity contribution in [1.29, 1.82) is 0 Å². The summed E-state index contributed by atoms with van der Waals surface area (Å²) in [6.45, 7) is 1.05. The molecule has 0 saturated heterocycles. The summed E-state index contributed by atoms with van der Waals surface area (Å²) in [7, 11) is 0. The van der Waals surface area contributed by atoms with Gasteiger partial charge >= 0.3 is 5.97 Å². The Balaban J connectivity index is 1.78. The Morgan fingerprint density at radius 1 is 1.13 bits per heavy atom. The molecule has 1 aliphatic rings. The normalized spacial score (nSPS) is 14.4. The predicted octanol–water partition coefficient (Wildman–Crippen LogP) is 3.08. The summed E-state index contributed by atoms with van der Waals surface area (Å²) < 4.78 is 0. The molecule has 0 radical (unpaired) electrons. The number of carbonyl (C=O) groups is 2. The number of hydrogen-bond donors (Lipinski definition) is 2. The molecule has 0 spiro atoms. The van der Waals surface area contributed by atoms with Crippen LogP contribution in [0.4, 0.5) is 0 Å². The number of nitrogens with zero attached hydrogens (tertiary/aromatic N) is 1. The van der Waals surface area contributed by atoms with Crippen molar-refractivity contribution in [2.24, 2.45) is 0 Å². The molecule has 2 heterocycles. The fourth-order valence-corrected chi connectivity index (χ4v) is 3.37. The van der Waals surface area contributed by atoms with Gasteiger partial charge in [-0.15, -0.1) is 11.3 Å². The first kappa shape index (κ1) is 15.3. The van der Waals surface area contributed by atoms with E-state index in [2.05, 4.69) is 6.08 Å². The van der Waals surface area contributed by atoms with Crippen molar-refractivity contribution in [2.45, 2.75) is 6.42 Å². The molecule has 2 aromatic rings. The van der Waals surface area contributed by atoms with E-state index in [-0.39, 0.29) is 16.5 Å². The summed E-state index contributed by atoms with van der Waals surface area (Å²) in [5.74, 6) is -0.988. The third-order valence-corrected chi connectivity index (χ3v) is 4.74. The van der Waals surface area contributed by atoms with Crippen LogP contribution in [0.2, 0.25) is 0 Å². The van der Waals surface area contributed by atoms with Crippen LogP contribution >= 0.6 is 11.3 Å². The molecule has 1 amide bonds. The lowest BCUT2D eigenvalue weighted by Crippen LogP contribution is -2.35. The van der Waals surface area contributed by atoms with E-state index in [1.165, 1.54) is 6.07 Å². The van der Waals surface area contributed by atoms with Crippen LogP contribution in [0.15, 0.2) is 42.5 Å². The van der Waals surface area contributed by atoms with Gasteiger partial charge in [-0.1, -0.05) is 18.2 Å². The number of carbonyl (C=O) groups excluding carboxylic acids is 1. The van der Waals surface area contributed by atoms with Gasteiger partial charge in [-0.25, -0.2) is 4.79 Å². The third kappa shape index (κ3) is 3.27. The van der Waals surface area contributed by atoms with Crippen LogP contribution in [0.3, 0.4) is 0 Å². The molecule has 118 valence electrons. The molecule has 0 unspecified atom stereocenters. The fourth-order valence-electron chi connectivity index (χ4n) is 2.56. The number of carboxylic acid groups (broad SMARTS) is 1. The van der Waals surface area contributed by atoms with E-state index in [4.69, 9.17) is 5.11 Å². The van der Waals surface area contributed by atoms with Crippen LogP contribution in [0.1, 0.15) is 31.3 Å². The van der Waals surface area contributed by atoms with Crippen molar-refractivity contribution in [1.82, 2.24) is 4.90 Å². The Bertz CT molecular complexity index is 793. The Hall–Kier alpha value is -2.60. The van der Waals surface area contributed by atoms with Crippen LogP contribution in [0.5, 0.6) is 5.75 Å². The van der Waals surface area contributed by atoms with Gasteiger partial charge in [0, 0.05) is 13.1 Å². The monoisotopic (exact) mass is 329 g/mol. The van der Waals surface area contributed by atoms with Crippen LogP contribution in [-0.4, -0.2) is 40.1 Å². The molecule has 0 atom stereocenters. The van der Waals surface area contributed by atoms with Crippen molar-refractivity contribution in [3.8, 4) is 5.75 Å². The number of rotatable bonds is 3. The van der Waals surface area contributed by atoms with E-state index < -0.39 is 5.97 Å². The molecule has 0 aliphatic carbocycles. The molecule has 0 saturated carbocycles. The Kier molecular flexibility index (Phi) is 4.16. The molecule has 6 heteroatoms. The number of aromatic carboxylic acids is 1. The minimum absolute atomic E-state index is 0.159. The second-order valence-corrected chi connectivity index (χ2v) is 6.35. The lowest BCUT2D eigenvalue weighted by Gasteiger charge is -2.27. The topological polar surface area (TPSA) is 77.8 Å². The lowest BCUT2D eigenvalue weighted by atomic mass is 10.0. The first-order valence-electron chi connectivity index (χ1n) is 7.15. The SMILES string of the molecule is O=C(O)c1ccc(C(=O)N2CCC=C(c3cccc(O)c3)C2)s1. The van der Waals surface area contributed by atoms with Crippen LogP contribution in [0.25, 0.3) is 5.57 Å². The Labute approximate surface area is 137 Å². The molecule has 0 fully saturated rings. The number of amides is 1. The summed E-state index contributed by atoms with van der Waals surface area (Å²) in [5, 5.41) is 18.5. The largest absolute Gasteiger partial charge is 0.508 e. The number of carboxylic acids is 1. The molecule has 1 aromatic carbocycles. The molecule has 0 bridgehead atoms. The van der Waals surface area contributed by atoms with Crippen molar-refractivity contribution in [3.05, 3.63) is 57.8 Å². The van der Waals surface area contributed by atoms with E-state index in [1.807, 2.05) is 6.07 Å². The minimum Gasteiger partial charge on any atom is -0.508 e. The van der Waals surface area contributed by atoms with Gasteiger partial charge in [0.05, 0.1) is 4.88 Å². The molecular formula is C17H15NO4S. The maximum atomic E-state index is 12.5. The maximum Gasteiger partial charge on any atom is 0.345 e. The smallest absolute Gasteiger partial charge is 0.345 e. The van der Waals surface area contributed by atoms with Crippen LogP contribution in [-0.2, 0) is 0 Å². The third-order valence-electron chi connectivity index (χ3n) is 3.68. The van der Waals surface area contributed by atoms with Crippen molar-refractivity contribution < 1.29 is 19.8 Å². The summed E-state index contributed by atoms with van der Waals surface area (Å²) in [4.78, 5) is 25.8. The van der Waals surface area contributed by atoms with E-state index in [0.717, 1.165) is 28.9 Å². The molecule has 23 heavy (non-hydrogen) atoms. The lowest BCUT2D eigenvalue weighted by molar-refractivity contribution is 0.0701. The zero-order valence-corrected chi connectivity index (χ0v) is 13.0. The average molecular weight is 329 g/mol. The number of hydrogen-bond acceptors (Lipinski definition) is 4. The van der Waals surface area contributed by atoms with Crippen molar-refractivity contribution in [3.63, 3.8) is 0 Å². The highest BCUT2D eigenvalue weighted by Gasteiger charge is 2.22. The van der Waals surface area contributed by atoms with Gasteiger partial charge in [0.2, 0.25) is 0 Å². The fraction of sp³-hybridized carbons (Fsp3) is 0.176. The molecular weight excluding hydrogens is 314 g/mol. The highest BCUT2D eigenvalue weighted by molar-refractivity contribution is 7.15. The van der Waals surface area contributed by atoms with Crippen LogP contribution < -0.4 is 0 Å². The quantitative estimate of drug-likeness (QED) is 0.907. The average Bonchev–Trinajstić information content (AvgIpc) is 3.04. The summed E-state index contributed by atoms with van der Waals surface area (Å²) in [5.41, 5.74) is 1.87. The number of benzene rings is 1. The van der Waals surface area contributed by atoms with Gasteiger partial charge in [-0.2, -0.15) is 0 Å². The van der Waals surface area contributed by atoms with Crippen molar-refractivity contribution in [2.75, 3.05) is 13.1 Å². The molecule has 2 N–H and O–H groups in total.